The summed E-state index contributed by atoms with van der Waals surface area (Å²) in [4.78, 5) is 11.9. The molecule has 0 fully saturated rings. The second-order valence-corrected chi connectivity index (χ2v) is 8.35. The van der Waals surface area contributed by atoms with Crippen molar-refractivity contribution in [2.45, 2.75) is 37.1 Å². The SMILES string of the molecule is CCCC(C)NC(=O)CSc1nn(-c2ccc(Cl)cc2)c(=S)s1. The normalized spacial score (nSPS) is 12.1. The molecule has 0 radical (unpaired) electrons. The van der Waals surface area contributed by atoms with Gasteiger partial charge in [-0.1, -0.05) is 48.0 Å². The molecule has 0 aliphatic heterocycles. The molecule has 2 rings (SSSR count). The Kier molecular flexibility index (Phi) is 7.08. The number of hydrogen-bond donors (Lipinski definition) is 1. The van der Waals surface area contributed by atoms with E-state index in [-0.39, 0.29) is 11.9 Å². The zero-order valence-electron chi connectivity index (χ0n) is 12.9. The molecule has 1 atom stereocenters. The maximum atomic E-state index is 11.9. The largest absolute Gasteiger partial charge is 0.353 e. The number of carbonyl (C=O) groups excluding carboxylic acids is 1. The molecular weight excluding hydrogens is 370 g/mol. The van der Waals surface area contributed by atoms with Crippen LogP contribution in [-0.2, 0) is 4.79 Å². The van der Waals surface area contributed by atoms with E-state index in [0.717, 1.165) is 22.9 Å². The van der Waals surface area contributed by atoms with E-state index in [9.17, 15) is 4.79 Å². The fraction of sp³-hybridized carbons (Fsp3) is 0.400. The molecule has 1 heterocycles. The summed E-state index contributed by atoms with van der Waals surface area (Å²) in [5, 5.41) is 8.12. The molecule has 1 aromatic heterocycles. The number of halogens is 1. The van der Waals surface area contributed by atoms with Crippen molar-refractivity contribution in [3.63, 3.8) is 0 Å². The quantitative estimate of drug-likeness (QED) is 0.551. The van der Waals surface area contributed by atoms with Crippen molar-refractivity contribution >= 4 is 52.8 Å². The van der Waals surface area contributed by atoms with E-state index < -0.39 is 0 Å². The van der Waals surface area contributed by atoms with Crippen LogP contribution in [0.15, 0.2) is 28.6 Å². The van der Waals surface area contributed by atoms with Gasteiger partial charge in [0.15, 0.2) is 8.29 Å². The van der Waals surface area contributed by atoms with Crippen LogP contribution >= 0.6 is 46.9 Å². The van der Waals surface area contributed by atoms with Crippen molar-refractivity contribution in [1.82, 2.24) is 15.1 Å². The van der Waals surface area contributed by atoms with Crippen LogP contribution in [0, 0.1) is 3.95 Å². The van der Waals surface area contributed by atoms with Crippen molar-refractivity contribution < 1.29 is 4.79 Å². The second-order valence-electron chi connectivity index (χ2n) is 5.07. The molecule has 23 heavy (non-hydrogen) atoms. The molecule has 0 saturated heterocycles. The van der Waals surface area contributed by atoms with Crippen LogP contribution in [0.1, 0.15) is 26.7 Å². The van der Waals surface area contributed by atoms with E-state index in [1.54, 1.807) is 16.8 Å². The van der Waals surface area contributed by atoms with Gasteiger partial charge in [-0.25, -0.2) is 4.68 Å². The van der Waals surface area contributed by atoms with E-state index in [2.05, 4.69) is 17.3 Å². The molecule has 2 aromatic rings. The summed E-state index contributed by atoms with van der Waals surface area (Å²) in [7, 11) is 0. The van der Waals surface area contributed by atoms with Crippen molar-refractivity contribution in [1.29, 1.82) is 0 Å². The van der Waals surface area contributed by atoms with Gasteiger partial charge in [-0.05, 0) is 49.8 Å². The number of nitrogens with zero attached hydrogens (tertiary/aromatic N) is 2. The van der Waals surface area contributed by atoms with Gasteiger partial charge in [0.25, 0.3) is 0 Å². The minimum Gasteiger partial charge on any atom is -0.353 e. The number of rotatable bonds is 7. The van der Waals surface area contributed by atoms with Crippen LogP contribution in [0.3, 0.4) is 0 Å². The van der Waals surface area contributed by atoms with Gasteiger partial charge in [0, 0.05) is 11.1 Å². The maximum absolute atomic E-state index is 11.9. The van der Waals surface area contributed by atoms with Crippen molar-refractivity contribution in [2.24, 2.45) is 0 Å². The van der Waals surface area contributed by atoms with Crippen molar-refractivity contribution in [3.05, 3.63) is 33.2 Å². The summed E-state index contributed by atoms with van der Waals surface area (Å²) in [6, 6.07) is 7.54. The number of hydrogen-bond acceptors (Lipinski definition) is 5. The lowest BCUT2D eigenvalue weighted by Gasteiger charge is -2.11. The predicted octanol–water partition coefficient (Wildman–Crippen LogP) is 4.71. The van der Waals surface area contributed by atoms with Crippen molar-refractivity contribution in [2.75, 3.05) is 5.75 Å². The third-order valence-electron chi connectivity index (χ3n) is 3.06. The fourth-order valence-corrected chi connectivity index (χ4v) is 4.31. The van der Waals surface area contributed by atoms with Crippen LogP contribution in [0.25, 0.3) is 5.69 Å². The third kappa shape index (κ3) is 5.60. The Bertz CT molecular complexity index is 712. The first-order valence-corrected chi connectivity index (χ1v) is 9.86. The highest BCUT2D eigenvalue weighted by atomic mass is 35.5. The van der Waals surface area contributed by atoms with E-state index in [1.807, 2.05) is 19.1 Å². The van der Waals surface area contributed by atoms with E-state index in [1.165, 1.54) is 23.1 Å². The summed E-state index contributed by atoms with van der Waals surface area (Å²) in [5.41, 5.74) is 0.864. The van der Waals surface area contributed by atoms with Crippen LogP contribution in [-0.4, -0.2) is 27.5 Å². The Labute approximate surface area is 154 Å². The molecule has 0 spiro atoms. The van der Waals surface area contributed by atoms with Crippen LogP contribution in [0.2, 0.25) is 5.02 Å². The molecule has 0 aliphatic carbocycles. The molecule has 0 bridgehead atoms. The fourth-order valence-electron chi connectivity index (χ4n) is 2.01. The lowest BCUT2D eigenvalue weighted by Crippen LogP contribution is -2.33. The molecule has 4 nitrogen and oxygen atoms in total. The highest BCUT2D eigenvalue weighted by molar-refractivity contribution is 8.01. The van der Waals surface area contributed by atoms with Gasteiger partial charge < -0.3 is 5.32 Å². The van der Waals surface area contributed by atoms with E-state index in [0.29, 0.717) is 14.7 Å². The number of aromatic nitrogens is 2. The molecule has 124 valence electrons. The van der Waals surface area contributed by atoms with E-state index in [4.69, 9.17) is 23.8 Å². The number of thioether (sulfide) groups is 1. The molecule has 1 amide bonds. The molecule has 1 aromatic carbocycles. The van der Waals surface area contributed by atoms with Gasteiger partial charge >= 0.3 is 0 Å². The third-order valence-corrected chi connectivity index (χ3v) is 5.67. The minimum atomic E-state index is 0.0233. The summed E-state index contributed by atoms with van der Waals surface area (Å²) >= 11 is 14.0. The average molecular weight is 388 g/mol. The Hall–Kier alpha value is -0.890. The first kappa shape index (κ1) is 18.4. The topological polar surface area (TPSA) is 46.9 Å². The number of benzene rings is 1. The zero-order chi connectivity index (χ0) is 16.8. The van der Waals surface area contributed by atoms with Gasteiger partial charge in [0.1, 0.15) is 0 Å². The van der Waals surface area contributed by atoms with Crippen LogP contribution in [0.5, 0.6) is 0 Å². The lowest BCUT2D eigenvalue weighted by atomic mass is 10.2. The molecule has 0 aliphatic rings. The Morgan fingerprint density at radius 1 is 1.48 bits per heavy atom. The summed E-state index contributed by atoms with van der Waals surface area (Å²) in [6.07, 6.45) is 2.04. The highest BCUT2D eigenvalue weighted by Gasteiger charge is 2.11. The summed E-state index contributed by atoms with van der Waals surface area (Å²) in [6.45, 7) is 4.12. The Morgan fingerprint density at radius 3 is 2.83 bits per heavy atom. The zero-order valence-corrected chi connectivity index (χ0v) is 16.1. The number of amides is 1. The molecule has 0 saturated carbocycles. The van der Waals surface area contributed by atoms with Gasteiger partial charge in [-0.2, -0.15) is 0 Å². The van der Waals surface area contributed by atoms with Gasteiger partial charge in [-0.3, -0.25) is 4.79 Å². The standard InChI is InChI=1S/C15H18ClN3OS3/c1-3-4-10(2)17-13(20)9-22-14-18-19(15(21)23-14)12-7-5-11(16)6-8-12/h5-8,10H,3-4,9H2,1-2H3,(H,17,20). The predicted molar refractivity (Wildman–Crippen MR) is 101 cm³/mol. The second kappa shape index (κ2) is 8.82. The van der Waals surface area contributed by atoms with Crippen LogP contribution < -0.4 is 5.32 Å². The number of carbonyl (C=O) groups is 1. The Morgan fingerprint density at radius 2 is 2.17 bits per heavy atom. The molecule has 8 heteroatoms. The molecule has 1 unspecified atom stereocenters. The smallest absolute Gasteiger partial charge is 0.230 e. The number of nitrogens with one attached hydrogen (secondary N) is 1. The highest BCUT2D eigenvalue weighted by Crippen LogP contribution is 2.24. The first-order valence-electron chi connectivity index (χ1n) is 7.28. The average Bonchev–Trinajstić information content (AvgIpc) is 2.87. The summed E-state index contributed by atoms with van der Waals surface area (Å²) in [5.74, 6) is 0.367. The van der Waals surface area contributed by atoms with Gasteiger partial charge in [0.2, 0.25) is 5.91 Å². The van der Waals surface area contributed by atoms with Crippen molar-refractivity contribution in [3.8, 4) is 5.69 Å². The lowest BCUT2D eigenvalue weighted by molar-refractivity contribution is -0.119. The molecule has 1 N–H and O–H groups in total. The summed E-state index contributed by atoms with van der Waals surface area (Å²) < 4.78 is 3.12. The van der Waals surface area contributed by atoms with Crippen LogP contribution in [0.4, 0.5) is 0 Å². The minimum absolute atomic E-state index is 0.0233. The molecular formula is C15H18ClN3OS3. The first-order chi connectivity index (χ1) is 11.0. The van der Waals surface area contributed by atoms with Gasteiger partial charge in [0.05, 0.1) is 11.4 Å². The monoisotopic (exact) mass is 387 g/mol. The van der Waals surface area contributed by atoms with E-state index >= 15 is 0 Å². The maximum Gasteiger partial charge on any atom is 0.230 e. The van der Waals surface area contributed by atoms with Gasteiger partial charge in [-0.15, -0.1) is 5.10 Å². The Balaban J connectivity index is 1.97.